The predicted molar refractivity (Wildman–Crippen MR) is 89.3 cm³/mol. The molecule has 0 unspecified atom stereocenters. The first-order valence-corrected chi connectivity index (χ1v) is 8.64. The Morgan fingerprint density at radius 1 is 1.28 bits per heavy atom. The van der Waals surface area contributed by atoms with Gasteiger partial charge in [0.25, 0.3) is 5.91 Å². The first-order chi connectivity index (χ1) is 12.0. The van der Waals surface area contributed by atoms with Crippen molar-refractivity contribution in [3.8, 4) is 0 Å². The first-order valence-electron chi connectivity index (χ1n) is 8.64. The molecule has 5 rings (SSSR count). The van der Waals surface area contributed by atoms with Gasteiger partial charge < -0.3 is 9.32 Å². The van der Waals surface area contributed by atoms with E-state index in [1.165, 1.54) is 5.69 Å². The van der Waals surface area contributed by atoms with Crippen LogP contribution in [0.5, 0.6) is 0 Å². The zero-order valence-electron chi connectivity index (χ0n) is 14.5. The molecule has 2 bridgehead atoms. The number of amides is 1. The summed E-state index contributed by atoms with van der Waals surface area (Å²) < 4.78 is 7.53. The summed E-state index contributed by atoms with van der Waals surface area (Å²) in [6.07, 6.45) is 4.64. The van der Waals surface area contributed by atoms with Gasteiger partial charge in [0.2, 0.25) is 5.76 Å². The number of hydrogen-bond acceptors (Lipinski definition) is 5. The lowest BCUT2D eigenvalue weighted by atomic mass is 9.98. The highest BCUT2D eigenvalue weighted by Gasteiger charge is 2.45. The molecule has 0 radical (unpaired) electrons. The average Bonchev–Trinajstić information content (AvgIpc) is 3.21. The molecular weight excluding hydrogens is 318 g/mol. The fraction of sp³-hybridized carbons (Fsp3) is 0.444. The molecule has 128 valence electrons. The topological polar surface area (TPSA) is 76.5 Å². The van der Waals surface area contributed by atoms with Crippen LogP contribution in [0.2, 0.25) is 0 Å². The maximum atomic E-state index is 13.1. The van der Waals surface area contributed by atoms with E-state index in [9.17, 15) is 4.79 Å². The Balaban J connectivity index is 1.60. The highest BCUT2D eigenvalue weighted by Crippen LogP contribution is 2.44. The first kappa shape index (κ1) is 14.6. The van der Waals surface area contributed by atoms with E-state index in [1.54, 1.807) is 6.92 Å². The molecule has 1 saturated heterocycles. The number of oxazole rings is 1. The van der Waals surface area contributed by atoms with Crippen LogP contribution in [-0.2, 0) is 6.42 Å². The molecule has 2 aliphatic heterocycles. The van der Waals surface area contributed by atoms with Crippen LogP contribution in [0.3, 0.4) is 0 Å². The molecule has 0 aliphatic carbocycles. The lowest BCUT2D eigenvalue weighted by Gasteiger charge is -2.35. The van der Waals surface area contributed by atoms with Gasteiger partial charge in [-0.25, -0.2) is 14.5 Å². The monoisotopic (exact) mass is 337 g/mol. The van der Waals surface area contributed by atoms with Crippen molar-refractivity contribution in [3.05, 3.63) is 46.6 Å². The Morgan fingerprint density at radius 2 is 2.12 bits per heavy atom. The molecule has 5 heterocycles. The van der Waals surface area contributed by atoms with E-state index in [0.717, 1.165) is 36.2 Å². The molecule has 25 heavy (non-hydrogen) atoms. The minimum atomic E-state index is -0.0620. The zero-order valence-corrected chi connectivity index (χ0v) is 14.5. The van der Waals surface area contributed by atoms with Crippen LogP contribution in [0, 0.1) is 20.8 Å². The number of carbonyl (C=O) groups excluding carboxylic acids is 1. The molecule has 7 heteroatoms. The molecule has 2 aliphatic rings. The van der Waals surface area contributed by atoms with E-state index in [2.05, 4.69) is 15.1 Å². The van der Waals surface area contributed by atoms with Gasteiger partial charge in [0.05, 0.1) is 23.1 Å². The number of nitrogens with zero attached hydrogens (tertiary/aromatic N) is 5. The Morgan fingerprint density at radius 3 is 2.88 bits per heavy atom. The van der Waals surface area contributed by atoms with Crippen LogP contribution < -0.4 is 0 Å². The molecule has 0 N–H and O–H groups in total. The van der Waals surface area contributed by atoms with Crippen LogP contribution in [0.15, 0.2) is 16.7 Å². The van der Waals surface area contributed by atoms with Crippen LogP contribution >= 0.6 is 0 Å². The van der Waals surface area contributed by atoms with Gasteiger partial charge in [-0.3, -0.25) is 4.79 Å². The molecule has 2 atom stereocenters. The third kappa shape index (κ3) is 1.98. The van der Waals surface area contributed by atoms with Crippen molar-refractivity contribution in [2.24, 2.45) is 0 Å². The fourth-order valence-electron chi connectivity index (χ4n) is 4.36. The molecule has 3 aromatic rings. The van der Waals surface area contributed by atoms with Crippen LogP contribution in [0.1, 0.15) is 58.0 Å². The van der Waals surface area contributed by atoms with Crippen molar-refractivity contribution in [2.75, 3.05) is 0 Å². The van der Waals surface area contributed by atoms with Crippen molar-refractivity contribution in [1.29, 1.82) is 0 Å². The molecule has 0 saturated carbocycles. The fourth-order valence-corrected chi connectivity index (χ4v) is 4.36. The van der Waals surface area contributed by atoms with Crippen molar-refractivity contribution >= 4 is 11.6 Å². The van der Waals surface area contributed by atoms with Gasteiger partial charge in [-0.1, -0.05) is 0 Å². The van der Waals surface area contributed by atoms with Gasteiger partial charge in [0.15, 0.2) is 11.5 Å². The summed E-state index contributed by atoms with van der Waals surface area (Å²) in [5.74, 6) is 0.829. The quantitative estimate of drug-likeness (QED) is 0.682. The predicted octanol–water partition coefficient (Wildman–Crippen LogP) is 2.54. The summed E-state index contributed by atoms with van der Waals surface area (Å²) in [6.45, 7) is 5.56. The van der Waals surface area contributed by atoms with Gasteiger partial charge in [-0.05, 0) is 26.7 Å². The van der Waals surface area contributed by atoms with E-state index in [-0.39, 0.29) is 18.0 Å². The van der Waals surface area contributed by atoms with Crippen LogP contribution in [0.25, 0.3) is 5.65 Å². The number of carbonyl (C=O) groups is 1. The van der Waals surface area contributed by atoms with E-state index in [0.29, 0.717) is 17.3 Å². The van der Waals surface area contributed by atoms with Crippen molar-refractivity contribution < 1.29 is 9.21 Å². The summed E-state index contributed by atoms with van der Waals surface area (Å²) in [7, 11) is 0. The lowest BCUT2D eigenvalue weighted by molar-refractivity contribution is 0.0607. The van der Waals surface area contributed by atoms with Crippen molar-refractivity contribution in [1.82, 2.24) is 24.5 Å². The number of rotatable bonds is 1. The molecule has 1 fully saturated rings. The third-order valence-corrected chi connectivity index (χ3v) is 5.36. The summed E-state index contributed by atoms with van der Waals surface area (Å²) in [6, 6.07) is 2.19. The standard InChI is InChI=1S/C18H19N5O2/c1-9-6-16-19-8-13-14-5-4-12(7-15(13)23(16)21-9)22(14)18(24)17-10(2)20-11(3)25-17/h6,8,12,14H,4-5,7H2,1-3H3/t12-,14-/m1/s1. The number of hydrogen-bond donors (Lipinski definition) is 0. The van der Waals surface area contributed by atoms with Gasteiger partial charge in [0.1, 0.15) is 0 Å². The van der Waals surface area contributed by atoms with Crippen LogP contribution in [-0.4, -0.2) is 36.4 Å². The molecule has 7 nitrogen and oxygen atoms in total. The average molecular weight is 337 g/mol. The second-order valence-electron chi connectivity index (χ2n) is 7.03. The minimum Gasteiger partial charge on any atom is -0.436 e. The summed E-state index contributed by atoms with van der Waals surface area (Å²) in [4.78, 5) is 23.9. The number of fused-ring (bicyclic) bond motifs is 6. The Hall–Kier alpha value is -2.70. The molecule has 3 aromatic heterocycles. The largest absolute Gasteiger partial charge is 0.436 e. The van der Waals surface area contributed by atoms with E-state index < -0.39 is 0 Å². The summed E-state index contributed by atoms with van der Waals surface area (Å²) >= 11 is 0. The number of aromatic nitrogens is 4. The maximum absolute atomic E-state index is 13.1. The van der Waals surface area contributed by atoms with E-state index in [1.807, 2.05) is 35.5 Å². The van der Waals surface area contributed by atoms with E-state index >= 15 is 0 Å². The second kappa shape index (κ2) is 4.91. The Kier molecular flexibility index (Phi) is 2.87. The van der Waals surface area contributed by atoms with Gasteiger partial charge in [-0.2, -0.15) is 5.10 Å². The second-order valence-corrected chi connectivity index (χ2v) is 7.03. The molecular formula is C18H19N5O2. The molecule has 0 aromatic carbocycles. The highest BCUT2D eigenvalue weighted by atomic mass is 16.4. The smallest absolute Gasteiger partial charge is 0.292 e. The molecule has 1 amide bonds. The summed E-state index contributed by atoms with van der Waals surface area (Å²) in [5, 5.41) is 4.59. The Bertz CT molecular complexity index is 1020. The van der Waals surface area contributed by atoms with E-state index in [4.69, 9.17) is 4.42 Å². The summed E-state index contributed by atoms with van der Waals surface area (Å²) in [5.41, 5.74) is 4.77. The van der Waals surface area contributed by atoms with Gasteiger partial charge >= 0.3 is 0 Å². The SMILES string of the molecule is Cc1cc2ncc3c(n2n1)C[C@H]1CC[C@H]3N1C(=O)c1oc(C)nc1C. The number of aryl methyl sites for hydroxylation is 3. The highest BCUT2D eigenvalue weighted by molar-refractivity contribution is 5.93. The normalized spacial score (nSPS) is 21.8. The molecule has 0 spiro atoms. The maximum Gasteiger partial charge on any atom is 0.292 e. The van der Waals surface area contributed by atoms with Gasteiger partial charge in [0, 0.05) is 37.2 Å². The third-order valence-electron chi connectivity index (χ3n) is 5.36. The Labute approximate surface area is 144 Å². The van der Waals surface area contributed by atoms with Crippen LogP contribution in [0.4, 0.5) is 0 Å². The minimum absolute atomic E-state index is 0.0347. The lowest BCUT2D eigenvalue weighted by Crippen LogP contribution is -2.42. The van der Waals surface area contributed by atoms with Crippen molar-refractivity contribution in [2.45, 2.75) is 52.1 Å². The zero-order chi connectivity index (χ0) is 17.3. The van der Waals surface area contributed by atoms with Crippen molar-refractivity contribution in [3.63, 3.8) is 0 Å². The van der Waals surface area contributed by atoms with Gasteiger partial charge in [-0.15, -0.1) is 0 Å².